The summed E-state index contributed by atoms with van der Waals surface area (Å²) in [6.07, 6.45) is -0.890. The van der Waals surface area contributed by atoms with Crippen LogP contribution in [0.25, 0.3) is 0 Å². The molecule has 1 unspecified atom stereocenters. The van der Waals surface area contributed by atoms with Gasteiger partial charge in [0, 0.05) is 31.9 Å². The maximum Gasteiger partial charge on any atom is 0.251 e. The first-order valence-electron chi connectivity index (χ1n) is 5.95. The first-order chi connectivity index (χ1) is 8.18. The van der Waals surface area contributed by atoms with Crippen LogP contribution in [0.5, 0.6) is 0 Å². The Hall–Kier alpha value is -1.55. The Morgan fingerprint density at radius 3 is 2.29 bits per heavy atom. The molecule has 17 heavy (non-hydrogen) atoms. The monoisotopic (exact) mass is 234 g/mol. The second-order valence-electron chi connectivity index (χ2n) is 4.32. The number of amides is 1. The zero-order valence-corrected chi connectivity index (χ0v) is 10.0. The highest BCUT2D eigenvalue weighted by molar-refractivity contribution is 5.80. The molecule has 1 aliphatic rings. The van der Waals surface area contributed by atoms with Gasteiger partial charge in [0.05, 0.1) is 0 Å². The molecule has 2 rings (SSSR count). The smallest absolute Gasteiger partial charge is 0.251 e. The minimum Gasteiger partial charge on any atom is -0.384 e. The lowest BCUT2D eigenvalue weighted by Crippen LogP contribution is -2.51. The van der Waals surface area contributed by atoms with Crippen molar-refractivity contribution in [3.8, 4) is 0 Å². The van der Waals surface area contributed by atoms with Gasteiger partial charge in [0.25, 0.3) is 5.91 Å². The van der Waals surface area contributed by atoms with Crippen LogP contribution in [0, 0.1) is 0 Å². The molecule has 1 aromatic carbocycles. The Balaban J connectivity index is 1.93. The van der Waals surface area contributed by atoms with Crippen molar-refractivity contribution in [1.82, 2.24) is 4.90 Å². The number of hydrogen-bond donors (Lipinski definition) is 1. The van der Waals surface area contributed by atoms with Crippen molar-refractivity contribution in [3.05, 3.63) is 30.3 Å². The molecule has 0 radical (unpaired) electrons. The number of piperazine rings is 1. The normalized spacial score (nSPS) is 18.0. The van der Waals surface area contributed by atoms with Crippen LogP contribution in [0.15, 0.2) is 30.3 Å². The fourth-order valence-corrected chi connectivity index (χ4v) is 2.09. The molecule has 1 aliphatic heterocycles. The van der Waals surface area contributed by atoms with Crippen molar-refractivity contribution in [2.75, 3.05) is 31.1 Å². The van der Waals surface area contributed by atoms with E-state index in [0.29, 0.717) is 13.1 Å². The van der Waals surface area contributed by atoms with E-state index in [1.54, 1.807) is 4.90 Å². The van der Waals surface area contributed by atoms with Crippen LogP contribution in [0.2, 0.25) is 0 Å². The summed E-state index contributed by atoms with van der Waals surface area (Å²) in [5, 5.41) is 9.25. The summed E-state index contributed by atoms with van der Waals surface area (Å²) in [5.74, 6) is -0.169. The number of hydrogen-bond acceptors (Lipinski definition) is 3. The van der Waals surface area contributed by atoms with Gasteiger partial charge in [-0.1, -0.05) is 18.2 Å². The van der Waals surface area contributed by atoms with Crippen molar-refractivity contribution >= 4 is 11.6 Å². The molecular formula is C13H18N2O2. The SMILES string of the molecule is CC(O)C(=O)N1CCN(c2ccccc2)CC1. The van der Waals surface area contributed by atoms with Gasteiger partial charge in [0.1, 0.15) is 6.10 Å². The number of nitrogens with zero attached hydrogens (tertiary/aromatic N) is 2. The molecular weight excluding hydrogens is 216 g/mol. The lowest BCUT2D eigenvalue weighted by Gasteiger charge is -2.36. The van der Waals surface area contributed by atoms with Crippen molar-refractivity contribution in [2.24, 2.45) is 0 Å². The molecule has 0 aliphatic carbocycles. The van der Waals surface area contributed by atoms with Crippen molar-refractivity contribution in [1.29, 1.82) is 0 Å². The molecule has 1 saturated heterocycles. The summed E-state index contributed by atoms with van der Waals surface area (Å²) in [5.41, 5.74) is 1.19. The van der Waals surface area contributed by atoms with Gasteiger partial charge < -0.3 is 14.9 Å². The van der Waals surface area contributed by atoms with Crippen LogP contribution in [0.4, 0.5) is 5.69 Å². The van der Waals surface area contributed by atoms with E-state index in [1.165, 1.54) is 12.6 Å². The van der Waals surface area contributed by atoms with Gasteiger partial charge in [0.2, 0.25) is 0 Å². The highest BCUT2D eigenvalue weighted by Gasteiger charge is 2.23. The standard InChI is InChI=1S/C13H18N2O2/c1-11(16)13(17)15-9-7-14(8-10-15)12-5-3-2-4-6-12/h2-6,11,16H,7-10H2,1H3. The second kappa shape index (κ2) is 5.19. The largest absolute Gasteiger partial charge is 0.384 e. The Kier molecular flexibility index (Phi) is 3.64. The molecule has 0 spiro atoms. The fourth-order valence-electron chi connectivity index (χ4n) is 2.09. The third-order valence-corrected chi connectivity index (χ3v) is 3.07. The number of anilines is 1. The zero-order valence-electron chi connectivity index (χ0n) is 10.0. The van der Waals surface area contributed by atoms with Crippen LogP contribution in [-0.2, 0) is 4.79 Å². The van der Waals surface area contributed by atoms with Crippen molar-refractivity contribution in [3.63, 3.8) is 0 Å². The first-order valence-corrected chi connectivity index (χ1v) is 5.95. The highest BCUT2D eigenvalue weighted by atomic mass is 16.3. The molecule has 0 bridgehead atoms. The quantitative estimate of drug-likeness (QED) is 0.820. The van der Waals surface area contributed by atoms with Crippen molar-refractivity contribution in [2.45, 2.75) is 13.0 Å². The fraction of sp³-hybridized carbons (Fsp3) is 0.462. The molecule has 1 heterocycles. The maximum absolute atomic E-state index is 11.6. The molecule has 92 valence electrons. The van der Waals surface area contributed by atoms with E-state index in [9.17, 15) is 9.90 Å². The van der Waals surface area contributed by atoms with E-state index in [2.05, 4.69) is 17.0 Å². The molecule has 0 aromatic heterocycles. The van der Waals surface area contributed by atoms with Crippen LogP contribution < -0.4 is 4.90 Å². The molecule has 0 saturated carbocycles. The van der Waals surface area contributed by atoms with E-state index < -0.39 is 6.10 Å². The third-order valence-electron chi connectivity index (χ3n) is 3.07. The molecule has 1 amide bonds. The number of benzene rings is 1. The Morgan fingerprint density at radius 2 is 1.76 bits per heavy atom. The van der Waals surface area contributed by atoms with Gasteiger partial charge in [-0.15, -0.1) is 0 Å². The number of para-hydroxylation sites is 1. The summed E-state index contributed by atoms with van der Waals surface area (Å²) < 4.78 is 0. The maximum atomic E-state index is 11.6. The molecule has 1 aromatic rings. The molecule has 1 fully saturated rings. The van der Waals surface area contributed by atoms with Crippen molar-refractivity contribution < 1.29 is 9.90 Å². The van der Waals surface area contributed by atoms with E-state index in [-0.39, 0.29) is 5.91 Å². The van der Waals surface area contributed by atoms with Gasteiger partial charge in [-0.25, -0.2) is 0 Å². The number of carbonyl (C=O) groups excluding carboxylic acids is 1. The van der Waals surface area contributed by atoms with Crippen LogP contribution in [-0.4, -0.2) is 48.2 Å². The minimum absolute atomic E-state index is 0.169. The lowest BCUT2D eigenvalue weighted by molar-refractivity contribution is -0.139. The number of aliphatic hydroxyl groups is 1. The molecule has 4 nitrogen and oxygen atoms in total. The Morgan fingerprint density at radius 1 is 1.18 bits per heavy atom. The predicted molar refractivity (Wildman–Crippen MR) is 66.9 cm³/mol. The first kappa shape index (κ1) is 11.9. The third kappa shape index (κ3) is 2.77. The average molecular weight is 234 g/mol. The Labute approximate surface area is 101 Å². The van der Waals surface area contributed by atoms with E-state index in [0.717, 1.165) is 13.1 Å². The summed E-state index contributed by atoms with van der Waals surface area (Å²) in [6.45, 7) is 4.52. The number of rotatable bonds is 2. The summed E-state index contributed by atoms with van der Waals surface area (Å²) in [7, 11) is 0. The Bertz CT molecular complexity index is 370. The average Bonchev–Trinajstić information content (AvgIpc) is 2.39. The van der Waals surface area contributed by atoms with Crippen LogP contribution in [0.3, 0.4) is 0 Å². The predicted octanol–water partition coefficient (Wildman–Crippen LogP) is 0.716. The molecule has 4 heteroatoms. The second-order valence-corrected chi connectivity index (χ2v) is 4.32. The van der Waals surface area contributed by atoms with Gasteiger partial charge in [-0.3, -0.25) is 4.79 Å². The summed E-state index contributed by atoms with van der Waals surface area (Å²) in [4.78, 5) is 15.6. The number of aliphatic hydroxyl groups excluding tert-OH is 1. The van der Waals surface area contributed by atoms with E-state index >= 15 is 0 Å². The van der Waals surface area contributed by atoms with Crippen LogP contribution in [0.1, 0.15) is 6.92 Å². The topological polar surface area (TPSA) is 43.8 Å². The lowest BCUT2D eigenvalue weighted by atomic mass is 10.2. The van der Waals surface area contributed by atoms with Gasteiger partial charge in [-0.05, 0) is 19.1 Å². The highest BCUT2D eigenvalue weighted by Crippen LogP contribution is 2.15. The number of carbonyl (C=O) groups is 1. The molecule has 1 N–H and O–H groups in total. The molecule has 1 atom stereocenters. The summed E-state index contributed by atoms with van der Waals surface area (Å²) in [6, 6.07) is 10.2. The minimum atomic E-state index is -0.890. The van der Waals surface area contributed by atoms with Crippen LogP contribution >= 0.6 is 0 Å². The summed E-state index contributed by atoms with van der Waals surface area (Å²) >= 11 is 0. The zero-order chi connectivity index (χ0) is 12.3. The van der Waals surface area contributed by atoms with E-state index in [4.69, 9.17) is 0 Å². The van der Waals surface area contributed by atoms with Gasteiger partial charge in [-0.2, -0.15) is 0 Å². The van der Waals surface area contributed by atoms with Gasteiger partial charge >= 0.3 is 0 Å². The van der Waals surface area contributed by atoms with Gasteiger partial charge in [0.15, 0.2) is 0 Å². The van der Waals surface area contributed by atoms with E-state index in [1.807, 2.05) is 18.2 Å².